The fraction of sp³-hybridized carbons (Fsp3) is 0.296. The Kier molecular flexibility index (Phi) is 6.86. The Hall–Kier alpha value is -4.26. The average Bonchev–Trinajstić information content (AvgIpc) is 3.43. The first-order chi connectivity index (χ1) is 18.8. The van der Waals surface area contributed by atoms with E-state index in [1.807, 2.05) is 19.9 Å². The van der Waals surface area contributed by atoms with Gasteiger partial charge in [-0.2, -0.15) is 13.2 Å². The maximum Gasteiger partial charge on any atom is 0.416 e. The molecule has 1 aliphatic heterocycles. The van der Waals surface area contributed by atoms with Crippen LogP contribution in [0.3, 0.4) is 0 Å². The van der Waals surface area contributed by atoms with E-state index < -0.39 is 29.2 Å². The van der Waals surface area contributed by atoms with Gasteiger partial charge < -0.3 is 20.7 Å². The van der Waals surface area contributed by atoms with E-state index in [2.05, 4.69) is 20.3 Å². The number of halogens is 3. The van der Waals surface area contributed by atoms with Crippen LogP contribution in [0.15, 0.2) is 48.8 Å². The molecule has 0 aliphatic carbocycles. The summed E-state index contributed by atoms with van der Waals surface area (Å²) in [4.78, 5) is 38.3. The van der Waals surface area contributed by atoms with Crippen molar-refractivity contribution in [3.05, 3.63) is 54.4 Å². The summed E-state index contributed by atoms with van der Waals surface area (Å²) < 4.78 is 48.1. The molecule has 3 N–H and O–H groups in total. The first kappa shape index (κ1) is 27.3. The molecule has 0 unspecified atom stereocenters. The lowest BCUT2D eigenvalue weighted by molar-refractivity contribution is -0.137. The van der Waals surface area contributed by atoms with Gasteiger partial charge in [0.2, 0.25) is 17.7 Å². The van der Waals surface area contributed by atoms with Crippen LogP contribution >= 0.6 is 11.3 Å². The second-order valence-electron chi connectivity index (χ2n) is 10.0. The van der Waals surface area contributed by atoms with Crippen molar-refractivity contribution in [1.82, 2.24) is 15.0 Å². The first-order valence-electron chi connectivity index (χ1n) is 12.3. The van der Waals surface area contributed by atoms with Crippen LogP contribution in [0.25, 0.3) is 21.5 Å². The number of alkyl halides is 3. The van der Waals surface area contributed by atoms with Crippen LogP contribution in [-0.4, -0.2) is 38.3 Å². The lowest BCUT2D eigenvalue weighted by Crippen LogP contribution is -2.49. The Morgan fingerprint density at radius 2 is 1.95 bits per heavy atom. The Morgan fingerprint density at radius 1 is 1.18 bits per heavy atom. The van der Waals surface area contributed by atoms with E-state index >= 15 is 0 Å². The summed E-state index contributed by atoms with van der Waals surface area (Å²) >= 11 is 1.28. The molecule has 9 nitrogen and oxygen atoms in total. The van der Waals surface area contributed by atoms with Crippen molar-refractivity contribution in [2.24, 2.45) is 5.73 Å². The summed E-state index contributed by atoms with van der Waals surface area (Å²) in [6, 6.07) is 9.35. The van der Waals surface area contributed by atoms with Crippen LogP contribution in [0.1, 0.15) is 39.2 Å². The number of nitrogens with one attached hydrogen (secondary N) is 1. The number of nitrogens with zero attached hydrogens (tertiary/aromatic N) is 4. The Morgan fingerprint density at radius 3 is 2.65 bits per heavy atom. The molecule has 1 aliphatic rings. The van der Waals surface area contributed by atoms with Gasteiger partial charge in [-0.3, -0.25) is 9.59 Å². The van der Waals surface area contributed by atoms with Gasteiger partial charge in [0.25, 0.3) is 0 Å². The van der Waals surface area contributed by atoms with Crippen molar-refractivity contribution in [3.8, 4) is 22.9 Å². The number of carbonyl (C=O) groups excluding carboxylic acids is 2. The molecule has 3 heterocycles. The van der Waals surface area contributed by atoms with Crippen molar-refractivity contribution in [2.45, 2.75) is 51.4 Å². The molecule has 0 bridgehead atoms. The number of thiazole rings is 1. The number of primary amides is 1. The van der Waals surface area contributed by atoms with Gasteiger partial charge in [-0.05, 0) is 51.0 Å². The van der Waals surface area contributed by atoms with Gasteiger partial charge in [0.1, 0.15) is 17.9 Å². The average molecular weight is 571 g/mol. The van der Waals surface area contributed by atoms with Gasteiger partial charge in [-0.25, -0.2) is 15.0 Å². The van der Waals surface area contributed by atoms with Crippen molar-refractivity contribution in [1.29, 1.82) is 0 Å². The number of nitrogens with two attached hydrogens (primary N) is 1. The van der Waals surface area contributed by atoms with Gasteiger partial charge >= 0.3 is 6.18 Å². The van der Waals surface area contributed by atoms with Crippen molar-refractivity contribution in [3.63, 3.8) is 0 Å². The second-order valence-corrected chi connectivity index (χ2v) is 11.0. The minimum Gasteiger partial charge on any atom is -0.437 e. The third-order valence-electron chi connectivity index (χ3n) is 6.70. The normalized spacial score (nSPS) is 16.8. The number of amides is 2. The topological polar surface area (TPSA) is 123 Å². The molecule has 2 aromatic carbocycles. The SMILES string of the molecule is CC(=O)Nc1nc2c(Oc3cc(-c4ccc(C(F)(F)F)cc4N4[C@H](C(N)=O)CCC4(C)C)ncn3)cccc2s1. The van der Waals surface area contributed by atoms with Crippen LogP contribution in [0.4, 0.5) is 24.0 Å². The third-order valence-corrected chi connectivity index (χ3v) is 7.64. The summed E-state index contributed by atoms with van der Waals surface area (Å²) in [7, 11) is 0. The van der Waals surface area contributed by atoms with E-state index in [0.717, 1.165) is 16.8 Å². The van der Waals surface area contributed by atoms with E-state index in [0.29, 0.717) is 40.5 Å². The van der Waals surface area contributed by atoms with Crippen molar-refractivity contribution in [2.75, 3.05) is 10.2 Å². The molecule has 208 valence electrons. The number of hydrogen-bond acceptors (Lipinski definition) is 8. The largest absolute Gasteiger partial charge is 0.437 e. The minimum atomic E-state index is -4.60. The molecule has 1 atom stereocenters. The predicted octanol–water partition coefficient (Wildman–Crippen LogP) is 5.76. The summed E-state index contributed by atoms with van der Waals surface area (Å²) in [5, 5.41) is 3.06. The molecule has 0 spiro atoms. The van der Waals surface area contributed by atoms with E-state index in [9.17, 15) is 22.8 Å². The monoisotopic (exact) mass is 570 g/mol. The molecule has 2 amide bonds. The first-order valence-corrected chi connectivity index (χ1v) is 13.1. The summed E-state index contributed by atoms with van der Waals surface area (Å²) in [6.07, 6.45) is -2.38. The van der Waals surface area contributed by atoms with Gasteiger partial charge in [0.05, 0.1) is 16.0 Å². The fourth-order valence-electron chi connectivity index (χ4n) is 4.91. The lowest BCUT2D eigenvalue weighted by Gasteiger charge is -2.38. The quantitative estimate of drug-likeness (QED) is 0.302. The summed E-state index contributed by atoms with van der Waals surface area (Å²) in [5.74, 6) is -0.369. The molecule has 0 saturated carbocycles. The van der Waals surface area contributed by atoms with Crippen LogP contribution in [0.5, 0.6) is 11.6 Å². The zero-order chi connectivity index (χ0) is 28.8. The zero-order valence-corrected chi connectivity index (χ0v) is 22.6. The number of anilines is 2. The van der Waals surface area contributed by atoms with E-state index in [1.54, 1.807) is 17.0 Å². The molecular formula is C27H25F3N6O3S. The highest BCUT2D eigenvalue weighted by Crippen LogP contribution is 2.45. The molecule has 4 aromatic rings. The molecular weight excluding hydrogens is 545 g/mol. The van der Waals surface area contributed by atoms with E-state index in [1.165, 1.54) is 36.7 Å². The summed E-state index contributed by atoms with van der Waals surface area (Å²) in [5.41, 5.74) is 5.52. The Labute approximate surface area is 231 Å². The molecule has 1 fully saturated rings. The van der Waals surface area contributed by atoms with Crippen LogP contribution in [-0.2, 0) is 15.8 Å². The van der Waals surface area contributed by atoms with Gasteiger partial charge in [0, 0.05) is 29.8 Å². The second kappa shape index (κ2) is 10.0. The van der Waals surface area contributed by atoms with Crippen molar-refractivity contribution >= 4 is 44.2 Å². The number of fused-ring (bicyclic) bond motifs is 1. The van der Waals surface area contributed by atoms with Crippen LogP contribution < -0.4 is 20.7 Å². The number of para-hydroxylation sites is 1. The molecule has 13 heteroatoms. The maximum atomic E-state index is 13.8. The smallest absolute Gasteiger partial charge is 0.416 e. The number of rotatable bonds is 6. The maximum absolute atomic E-state index is 13.8. The Balaban J connectivity index is 1.58. The molecule has 0 radical (unpaired) electrons. The zero-order valence-electron chi connectivity index (χ0n) is 21.7. The minimum absolute atomic E-state index is 0.129. The van der Waals surface area contributed by atoms with Crippen molar-refractivity contribution < 1.29 is 27.5 Å². The van der Waals surface area contributed by atoms with Gasteiger partial charge in [0.15, 0.2) is 10.9 Å². The fourth-order valence-corrected chi connectivity index (χ4v) is 5.84. The number of ether oxygens (including phenoxy) is 1. The number of carbonyl (C=O) groups is 2. The van der Waals surface area contributed by atoms with Crippen LogP contribution in [0, 0.1) is 0 Å². The number of benzene rings is 2. The number of aromatic nitrogens is 3. The van der Waals surface area contributed by atoms with E-state index in [4.69, 9.17) is 10.5 Å². The molecule has 1 saturated heterocycles. The highest BCUT2D eigenvalue weighted by atomic mass is 32.1. The molecule has 2 aromatic heterocycles. The summed E-state index contributed by atoms with van der Waals surface area (Å²) in [6.45, 7) is 5.10. The highest BCUT2D eigenvalue weighted by molar-refractivity contribution is 7.22. The lowest BCUT2D eigenvalue weighted by atomic mass is 9.98. The molecule has 5 rings (SSSR count). The van der Waals surface area contributed by atoms with Gasteiger partial charge in [-0.1, -0.05) is 23.5 Å². The number of hydrogen-bond donors (Lipinski definition) is 2. The van der Waals surface area contributed by atoms with Gasteiger partial charge in [-0.15, -0.1) is 0 Å². The van der Waals surface area contributed by atoms with E-state index in [-0.39, 0.29) is 17.5 Å². The predicted molar refractivity (Wildman–Crippen MR) is 145 cm³/mol. The standard InChI is InChI=1S/C27H25F3N6O3S/c1-14(37)34-25-35-23-20(5-4-6-21(23)40-25)39-22-12-17(32-13-33-22)16-8-7-15(27(28,29)30)11-19(16)36-18(24(31)38)9-10-26(36,2)3/h4-8,11-13,18H,9-10H2,1-3H3,(H2,31,38)(H,34,35,37)/t18-/m0/s1. The van der Waals surface area contributed by atoms with Crippen LogP contribution in [0.2, 0.25) is 0 Å². The highest BCUT2D eigenvalue weighted by Gasteiger charge is 2.44. The third kappa shape index (κ3) is 5.28. The Bertz CT molecular complexity index is 1620. The molecule has 40 heavy (non-hydrogen) atoms.